The Hall–Kier alpha value is -1.55. The van der Waals surface area contributed by atoms with Crippen LogP contribution in [0.4, 0.5) is 0 Å². The van der Waals surface area contributed by atoms with Crippen molar-refractivity contribution in [2.45, 2.75) is 26.7 Å². The van der Waals surface area contributed by atoms with E-state index in [1.807, 2.05) is 38.1 Å². The van der Waals surface area contributed by atoms with Gasteiger partial charge in [0.2, 0.25) is 5.91 Å². The van der Waals surface area contributed by atoms with Crippen LogP contribution >= 0.6 is 0 Å². The van der Waals surface area contributed by atoms with Gasteiger partial charge < -0.3 is 14.7 Å². The summed E-state index contributed by atoms with van der Waals surface area (Å²) in [4.78, 5) is 13.8. The molecule has 0 unspecified atom stereocenters. The number of nitrogens with zero attached hydrogens (tertiary/aromatic N) is 1. The molecule has 106 valence electrons. The summed E-state index contributed by atoms with van der Waals surface area (Å²) in [5.74, 6) is 0.875. The number of carbonyl (C=O) groups excluding carboxylic acids is 1. The van der Waals surface area contributed by atoms with Crippen LogP contribution in [-0.2, 0) is 11.2 Å². The number of rotatable bonds is 8. The molecule has 0 aromatic heterocycles. The summed E-state index contributed by atoms with van der Waals surface area (Å²) in [5.41, 5.74) is 0.965. The summed E-state index contributed by atoms with van der Waals surface area (Å²) in [5, 5.41) is 8.96. The lowest BCUT2D eigenvalue weighted by molar-refractivity contribution is -0.131. The third-order valence-electron chi connectivity index (χ3n) is 2.81. The minimum absolute atomic E-state index is 0.00895. The minimum atomic E-state index is 0.00895. The number of carbonyl (C=O) groups is 1. The van der Waals surface area contributed by atoms with Crippen LogP contribution in [0.3, 0.4) is 0 Å². The summed E-state index contributed by atoms with van der Waals surface area (Å²) in [6.45, 7) is 5.71. The number of ether oxygens (including phenoxy) is 1. The summed E-state index contributed by atoms with van der Waals surface area (Å²) >= 11 is 0. The van der Waals surface area contributed by atoms with Crippen molar-refractivity contribution in [3.63, 3.8) is 0 Å². The second-order valence-corrected chi connectivity index (χ2v) is 4.36. The zero-order valence-electron chi connectivity index (χ0n) is 11.8. The number of benzene rings is 1. The van der Waals surface area contributed by atoms with Crippen molar-refractivity contribution in [2.75, 3.05) is 26.3 Å². The molecular weight excluding hydrogens is 242 g/mol. The van der Waals surface area contributed by atoms with Gasteiger partial charge in [-0.1, -0.05) is 19.1 Å². The Morgan fingerprint density at radius 3 is 2.42 bits per heavy atom. The maximum atomic E-state index is 12.1. The first-order valence-corrected chi connectivity index (χ1v) is 6.81. The highest BCUT2D eigenvalue weighted by Gasteiger charge is 2.12. The average molecular weight is 265 g/mol. The standard InChI is InChI=1S/C15H23NO3/c1-3-9-16(10-11-17)15(18)12-13-5-7-14(8-6-13)19-4-2/h5-8,17H,3-4,9-12H2,1-2H3. The normalized spacial score (nSPS) is 10.3. The van der Waals surface area contributed by atoms with E-state index in [9.17, 15) is 4.79 Å². The number of aliphatic hydroxyl groups excluding tert-OH is 1. The summed E-state index contributed by atoms with van der Waals surface area (Å²) in [7, 11) is 0. The Morgan fingerprint density at radius 1 is 1.21 bits per heavy atom. The highest BCUT2D eigenvalue weighted by molar-refractivity contribution is 5.78. The Balaban J connectivity index is 2.58. The second-order valence-electron chi connectivity index (χ2n) is 4.36. The van der Waals surface area contributed by atoms with Crippen molar-refractivity contribution in [2.24, 2.45) is 0 Å². The molecule has 1 aromatic rings. The third kappa shape index (κ3) is 5.30. The van der Waals surface area contributed by atoms with E-state index >= 15 is 0 Å². The van der Waals surface area contributed by atoms with E-state index in [2.05, 4.69) is 0 Å². The van der Waals surface area contributed by atoms with E-state index in [-0.39, 0.29) is 12.5 Å². The SMILES string of the molecule is CCCN(CCO)C(=O)Cc1ccc(OCC)cc1. The lowest BCUT2D eigenvalue weighted by Gasteiger charge is -2.21. The average Bonchev–Trinajstić information content (AvgIpc) is 2.41. The molecule has 1 aromatic carbocycles. The van der Waals surface area contributed by atoms with Gasteiger partial charge in [-0.15, -0.1) is 0 Å². The van der Waals surface area contributed by atoms with Gasteiger partial charge in [-0.05, 0) is 31.0 Å². The molecule has 0 saturated carbocycles. The van der Waals surface area contributed by atoms with Crippen molar-refractivity contribution in [3.8, 4) is 5.75 Å². The Labute approximate surface area is 115 Å². The topological polar surface area (TPSA) is 49.8 Å². The van der Waals surface area contributed by atoms with Crippen LogP contribution in [0.5, 0.6) is 5.75 Å². The molecule has 0 radical (unpaired) electrons. The van der Waals surface area contributed by atoms with Crippen molar-refractivity contribution in [1.82, 2.24) is 4.90 Å². The summed E-state index contributed by atoms with van der Waals surface area (Å²) in [6, 6.07) is 7.57. The molecule has 0 aliphatic rings. The number of hydrogen-bond donors (Lipinski definition) is 1. The minimum Gasteiger partial charge on any atom is -0.494 e. The largest absolute Gasteiger partial charge is 0.494 e. The van der Waals surface area contributed by atoms with Crippen molar-refractivity contribution in [1.29, 1.82) is 0 Å². The van der Waals surface area contributed by atoms with Crippen LogP contribution < -0.4 is 4.74 Å². The van der Waals surface area contributed by atoms with Gasteiger partial charge in [0.05, 0.1) is 19.6 Å². The summed E-state index contributed by atoms with van der Waals surface area (Å²) < 4.78 is 5.36. The second kappa shape index (κ2) is 8.53. The predicted molar refractivity (Wildman–Crippen MR) is 75.3 cm³/mol. The Kier molecular flexibility index (Phi) is 6.97. The molecule has 0 aliphatic heterocycles. The summed E-state index contributed by atoms with van der Waals surface area (Å²) in [6.07, 6.45) is 1.27. The third-order valence-corrected chi connectivity index (χ3v) is 2.81. The van der Waals surface area contributed by atoms with Gasteiger partial charge in [-0.25, -0.2) is 0 Å². The number of amides is 1. The molecule has 1 N–H and O–H groups in total. The lowest BCUT2D eigenvalue weighted by atomic mass is 10.1. The molecule has 0 heterocycles. The zero-order valence-corrected chi connectivity index (χ0v) is 11.8. The van der Waals surface area contributed by atoms with Gasteiger partial charge in [-0.2, -0.15) is 0 Å². The van der Waals surface area contributed by atoms with Crippen LogP contribution in [0.2, 0.25) is 0 Å². The molecule has 0 aliphatic carbocycles. The highest BCUT2D eigenvalue weighted by atomic mass is 16.5. The molecular formula is C15H23NO3. The van der Waals surface area contributed by atoms with Gasteiger partial charge in [0, 0.05) is 13.1 Å². The molecule has 0 spiro atoms. The van der Waals surface area contributed by atoms with Gasteiger partial charge in [0.1, 0.15) is 5.75 Å². The first-order chi connectivity index (χ1) is 9.21. The fourth-order valence-electron chi connectivity index (χ4n) is 1.91. The van der Waals surface area contributed by atoms with Gasteiger partial charge >= 0.3 is 0 Å². The van der Waals surface area contributed by atoms with Crippen LogP contribution in [0.1, 0.15) is 25.8 Å². The van der Waals surface area contributed by atoms with E-state index < -0.39 is 0 Å². The molecule has 4 nitrogen and oxygen atoms in total. The van der Waals surface area contributed by atoms with Crippen LogP contribution in [0.15, 0.2) is 24.3 Å². The van der Waals surface area contributed by atoms with Gasteiger partial charge in [0.25, 0.3) is 0 Å². The fraction of sp³-hybridized carbons (Fsp3) is 0.533. The van der Waals surface area contributed by atoms with Crippen molar-refractivity contribution < 1.29 is 14.6 Å². The Morgan fingerprint density at radius 2 is 1.89 bits per heavy atom. The van der Waals surface area contributed by atoms with Gasteiger partial charge in [0.15, 0.2) is 0 Å². The quantitative estimate of drug-likeness (QED) is 0.780. The first-order valence-electron chi connectivity index (χ1n) is 6.81. The van der Waals surface area contributed by atoms with E-state index in [1.54, 1.807) is 4.90 Å². The fourth-order valence-corrected chi connectivity index (χ4v) is 1.91. The number of aliphatic hydroxyl groups is 1. The molecule has 1 amide bonds. The maximum Gasteiger partial charge on any atom is 0.227 e. The van der Waals surface area contributed by atoms with E-state index in [0.717, 1.165) is 17.7 Å². The van der Waals surface area contributed by atoms with E-state index in [0.29, 0.717) is 26.1 Å². The highest BCUT2D eigenvalue weighted by Crippen LogP contribution is 2.13. The van der Waals surface area contributed by atoms with Gasteiger partial charge in [-0.3, -0.25) is 4.79 Å². The zero-order chi connectivity index (χ0) is 14.1. The van der Waals surface area contributed by atoms with Crippen LogP contribution in [0, 0.1) is 0 Å². The maximum absolute atomic E-state index is 12.1. The molecule has 19 heavy (non-hydrogen) atoms. The van der Waals surface area contributed by atoms with Crippen LogP contribution in [-0.4, -0.2) is 42.2 Å². The van der Waals surface area contributed by atoms with Crippen molar-refractivity contribution in [3.05, 3.63) is 29.8 Å². The van der Waals surface area contributed by atoms with E-state index in [4.69, 9.17) is 9.84 Å². The smallest absolute Gasteiger partial charge is 0.227 e. The molecule has 0 atom stereocenters. The van der Waals surface area contributed by atoms with E-state index in [1.165, 1.54) is 0 Å². The first kappa shape index (κ1) is 15.5. The molecule has 0 fully saturated rings. The molecule has 0 saturated heterocycles. The molecule has 4 heteroatoms. The monoisotopic (exact) mass is 265 g/mol. The van der Waals surface area contributed by atoms with Crippen LogP contribution in [0.25, 0.3) is 0 Å². The van der Waals surface area contributed by atoms with Crippen molar-refractivity contribution >= 4 is 5.91 Å². The predicted octanol–water partition coefficient (Wildman–Crippen LogP) is 1.86. The molecule has 0 bridgehead atoms. The Bertz CT molecular complexity index is 369. The number of hydrogen-bond acceptors (Lipinski definition) is 3. The molecule has 1 rings (SSSR count). The lowest BCUT2D eigenvalue weighted by Crippen LogP contribution is -2.35.